The van der Waals surface area contributed by atoms with Gasteiger partial charge in [0.15, 0.2) is 0 Å². The molecule has 0 spiro atoms. The van der Waals surface area contributed by atoms with E-state index in [0.29, 0.717) is 23.5 Å². The molecule has 0 bridgehead atoms. The summed E-state index contributed by atoms with van der Waals surface area (Å²) in [5.41, 5.74) is 1.41. The van der Waals surface area contributed by atoms with E-state index in [1.54, 1.807) is 24.9 Å². The van der Waals surface area contributed by atoms with Crippen LogP contribution in [0.4, 0.5) is 11.4 Å². The van der Waals surface area contributed by atoms with Gasteiger partial charge < -0.3 is 15.4 Å². The van der Waals surface area contributed by atoms with Crippen LogP contribution in [0, 0.1) is 5.92 Å². The number of thioether (sulfide) groups is 1. The Bertz CT molecular complexity index is 773. The summed E-state index contributed by atoms with van der Waals surface area (Å²) in [4.78, 5) is 25.0. The second-order valence-corrected chi connectivity index (χ2v) is 7.33. The summed E-state index contributed by atoms with van der Waals surface area (Å²) >= 11 is 1.63. The van der Waals surface area contributed by atoms with Crippen LogP contribution in [0.25, 0.3) is 0 Å². The van der Waals surface area contributed by atoms with Gasteiger partial charge in [-0.15, -0.1) is 11.8 Å². The van der Waals surface area contributed by atoms with E-state index in [4.69, 9.17) is 4.74 Å². The molecule has 2 amide bonds. The zero-order valence-corrected chi connectivity index (χ0v) is 15.5. The Kier molecular flexibility index (Phi) is 6.17. The predicted molar refractivity (Wildman–Crippen MR) is 105 cm³/mol. The average Bonchev–Trinajstić information content (AvgIpc) is 3.48. The molecule has 0 aliphatic heterocycles. The van der Waals surface area contributed by atoms with Crippen molar-refractivity contribution >= 4 is 35.0 Å². The molecule has 0 aromatic heterocycles. The molecule has 1 aliphatic rings. The van der Waals surface area contributed by atoms with Crippen LogP contribution in [-0.2, 0) is 9.59 Å². The number of benzene rings is 2. The van der Waals surface area contributed by atoms with Crippen LogP contribution in [-0.4, -0.2) is 24.7 Å². The number of amides is 2. The third kappa shape index (κ3) is 5.52. The fourth-order valence-electron chi connectivity index (χ4n) is 2.42. The largest absolute Gasteiger partial charge is 0.497 e. The van der Waals surface area contributed by atoms with Gasteiger partial charge in [0.25, 0.3) is 0 Å². The van der Waals surface area contributed by atoms with E-state index in [1.807, 2.05) is 42.5 Å². The fourth-order valence-corrected chi connectivity index (χ4v) is 3.27. The zero-order valence-electron chi connectivity index (χ0n) is 14.7. The number of carbonyl (C=O) groups excluding carboxylic acids is 2. The Morgan fingerprint density at radius 2 is 1.77 bits per heavy atom. The summed E-state index contributed by atoms with van der Waals surface area (Å²) in [5, 5.41) is 5.77. The van der Waals surface area contributed by atoms with Crippen molar-refractivity contribution in [3.63, 3.8) is 0 Å². The lowest BCUT2D eigenvalue weighted by Crippen LogP contribution is -2.15. The molecule has 3 rings (SSSR count). The van der Waals surface area contributed by atoms with E-state index in [2.05, 4.69) is 10.6 Å². The van der Waals surface area contributed by atoms with Gasteiger partial charge in [0, 0.05) is 34.4 Å². The van der Waals surface area contributed by atoms with Crippen molar-refractivity contribution in [3.8, 4) is 5.75 Å². The number of carbonyl (C=O) groups is 2. The van der Waals surface area contributed by atoms with Crippen molar-refractivity contribution in [1.29, 1.82) is 0 Å². The van der Waals surface area contributed by atoms with Gasteiger partial charge in [0.2, 0.25) is 11.8 Å². The highest BCUT2D eigenvalue weighted by Crippen LogP contribution is 2.30. The lowest BCUT2D eigenvalue weighted by Gasteiger charge is -2.09. The van der Waals surface area contributed by atoms with Crippen LogP contribution >= 0.6 is 11.8 Å². The Balaban J connectivity index is 1.44. The van der Waals surface area contributed by atoms with Crippen molar-refractivity contribution in [3.05, 3.63) is 48.5 Å². The van der Waals surface area contributed by atoms with Crippen LogP contribution < -0.4 is 15.4 Å². The number of hydrogen-bond acceptors (Lipinski definition) is 4. The van der Waals surface area contributed by atoms with E-state index in [-0.39, 0.29) is 17.7 Å². The van der Waals surface area contributed by atoms with Crippen LogP contribution in [0.3, 0.4) is 0 Å². The molecule has 0 saturated heterocycles. The zero-order chi connectivity index (χ0) is 18.4. The van der Waals surface area contributed by atoms with Crippen LogP contribution in [0.5, 0.6) is 5.75 Å². The first-order chi connectivity index (χ1) is 12.6. The van der Waals surface area contributed by atoms with Crippen molar-refractivity contribution in [2.24, 2.45) is 5.92 Å². The molecule has 6 heteroatoms. The molecule has 0 radical (unpaired) electrons. The summed E-state index contributed by atoms with van der Waals surface area (Å²) in [6, 6.07) is 15.0. The maximum absolute atomic E-state index is 12.1. The Morgan fingerprint density at radius 3 is 2.42 bits per heavy atom. The third-order valence-corrected chi connectivity index (χ3v) is 5.03. The normalized spacial score (nSPS) is 13.1. The van der Waals surface area contributed by atoms with Gasteiger partial charge in [-0.05, 0) is 55.3 Å². The first-order valence-electron chi connectivity index (χ1n) is 8.61. The lowest BCUT2D eigenvalue weighted by molar-refractivity contribution is -0.117. The average molecular weight is 370 g/mol. The van der Waals surface area contributed by atoms with Gasteiger partial charge in [-0.25, -0.2) is 0 Å². The molecule has 2 aromatic rings. The number of rotatable bonds is 8. The molecule has 1 fully saturated rings. The van der Waals surface area contributed by atoms with Gasteiger partial charge in [-0.1, -0.05) is 6.07 Å². The molecule has 2 aromatic carbocycles. The molecular weight excluding hydrogens is 348 g/mol. The molecule has 1 aliphatic carbocycles. The monoisotopic (exact) mass is 370 g/mol. The molecule has 5 nitrogen and oxygen atoms in total. The van der Waals surface area contributed by atoms with E-state index in [0.717, 1.165) is 23.5 Å². The first-order valence-corrected chi connectivity index (χ1v) is 9.60. The second kappa shape index (κ2) is 8.76. The van der Waals surface area contributed by atoms with Gasteiger partial charge in [0.1, 0.15) is 5.75 Å². The van der Waals surface area contributed by atoms with E-state index < -0.39 is 0 Å². The Labute approximate surface area is 157 Å². The Morgan fingerprint density at radius 1 is 1.08 bits per heavy atom. The van der Waals surface area contributed by atoms with Crippen molar-refractivity contribution in [2.45, 2.75) is 24.2 Å². The maximum Gasteiger partial charge on any atom is 0.227 e. The molecule has 0 unspecified atom stereocenters. The molecule has 2 N–H and O–H groups in total. The number of anilines is 2. The van der Waals surface area contributed by atoms with E-state index >= 15 is 0 Å². The molecule has 0 atom stereocenters. The highest BCUT2D eigenvalue weighted by Gasteiger charge is 2.29. The minimum absolute atomic E-state index is 0.0447. The highest BCUT2D eigenvalue weighted by molar-refractivity contribution is 7.99. The van der Waals surface area contributed by atoms with E-state index in [9.17, 15) is 9.59 Å². The smallest absolute Gasteiger partial charge is 0.227 e. The summed E-state index contributed by atoms with van der Waals surface area (Å²) in [7, 11) is 1.64. The van der Waals surface area contributed by atoms with Gasteiger partial charge in [-0.3, -0.25) is 9.59 Å². The van der Waals surface area contributed by atoms with Crippen LogP contribution in [0.1, 0.15) is 19.3 Å². The number of methoxy groups -OCH3 is 1. The summed E-state index contributed by atoms with van der Waals surface area (Å²) in [6.07, 6.45) is 2.34. The predicted octanol–water partition coefficient (Wildman–Crippen LogP) is 4.16. The number of ether oxygens (including phenoxy) is 1. The molecule has 26 heavy (non-hydrogen) atoms. The Hall–Kier alpha value is -2.47. The second-order valence-electron chi connectivity index (χ2n) is 6.17. The molecule has 1 saturated carbocycles. The minimum atomic E-state index is -0.0447. The van der Waals surface area contributed by atoms with Crippen molar-refractivity contribution in [1.82, 2.24) is 0 Å². The quantitative estimate of drug-likeness (QED) is 0.685. The maximum atomic E-state index is 12.1. The van der Waals surface area contributed by atoms with Gasteiger partial charge >= 0.3 is 0 Å². The van der Waals surface area contributed by atoms with Gasteiger partial charge in [0.05, 0.1) is 7.11 Å². The topological polar surface area (TPSA) is 67.4 Å². The fraction of sp³-hybridized carbons (Fsp3) is 0.300. The summed E-state index contributed by atoms with van der Waals surface area (Å²) in [5.74, 6) is 1.68. The molecular formula is C20H22N2O3S. The highest BCUT2D eigenvalue weighted by atomic mass is 32.2. The molecule has 136 valence electrons. The van der Waals surface area contributed by atoms with Gasteiger partial charge in [-0.2, -0.15) is 0 Å². The van der Waals surface area contributed by atoms with Crippen molar-refractivity contribution in [2.75, 3.05) is 23.5 Å². The summed E-state index contributed by atoms with van der Waals surface area (Å²) < 4.78 is 5.13. The molecule has 0 heterocycles. The standard InChI is InChI=1S/C20H22N2O3S/c1-25-17-7-9-18(10-8-17)26-12-11-19(23)21-15-3-2-4-16(13-15)22-20(24)14-5-6-14/h2-4,7-10,13-14H,5-6,11-12H2,1H3,(H,21,23)(H,22,24). The SMILES string of the molecule is COc1ccc(SCCC(=O)Nc2cccc(NC(=O)C3CC3)c2)cc1. The number of nitrogens with one attached hydrogen (secondary N) is 2. The number of hydrogen-bond donors (Lipinski definition) is 2. The van der Waals surface area contributed by atoms with E-state index in [1.165, 1.54) is 0 Å². The lowest BCUT2D eigenvalue weighted by atomic mass is 10.2. The summed E-state index contributed by atoms with van der Waals surface area (Å²) in [6.45, 7) is 0. The first kappa shape index (κ1) is 18.3. The van der Waals surface area contributed by atoms with Crippen LogP contribution in [0.2, 0.25) is 0 Å². The minimum Gasteiger partial charge on any atom is -0.497 e. The van der Waals surface area contributed by atoms with Crippen molar-refractivity contribution < 1.29 is 14.3 Å². The third-order valence-electron chi connectivity index (χ3n) is 4.02. The van der Waals surface area contributed by atoms with Crippen LogP contribution in [0.15, 0.2) is 53.4 Å².